The van der Waals surface area contributed by atoms with Crippen LogP contribution < -0.4 is 10.2 Å². The van der Waals surface area contributed by atoms with E-state index in [4.69, 9.17) is 29.7 Å². The van der Waals surface area contributed by atoms with E-state index < -0.39 is 22.8 Å². The van der Waals surface area contributed by atoms with Gasteiger partial charge in [0.2, 0.25) is 0 Å². The minimum Gasteiger partial charge on any atom is -0.359 e. The second-order valence-electron chi connectivity index (χ2n) is 10.9. The molecule has 2 fully saturated rings. The number of unbranched alkanes of at least 4 members (excludes halogenated alkanes) is 5. The van der Waals surface area contributed by atoms with E-state index in [1.54, 1.807) is 30.9 Å². The lowest BCUT2D eigenvalue weighted by molar-refractivity contribution is -0.137. The topological polar surface area (TPSA) is 65.8 Å². The van der Waals surface area contributed by atoms with Crippen LogP contribution in [0.15, 0.2) is 30.9 Å². The molecular weight excluding hydrogens is 569 g/mol. The van der Waals surface area contributed by atoms with E-state index in [-0.39, 0.29) is 16.7 Å². The number of carbonyl (C=O) groups is 1. The van der Waals surface area contributed by atoms with Crippen LogP contribution in [0.2, 0.25) is 0 Å². The van der Waals surface area contributed by atoms with Crippen LogP contribution in [-0.2, 0) is 11.0 Å². The Morgan fingerprint density at radius 3 is 2.29 bits per heavy atom. The predicted molar refractivity (Wildman–Crippen MR) is 164 cm³/mol. The molecule has 0 atom stereocenters. The molecule has 2 heterocycles. The normalized spacial score (nSPS) is 17.6. The van der Waals surface area contributed by atoms with Crippen molar-refractivity contribution in [2.45, 2.75) is 64.1 Å². The number of nitrogens with zero attached hydrogens (tertiary/aromatic N) is 5. The molecule has 0 radical (unpaired) electrons. The summed E-state index contributed by atoms with van der Waals surface area (Å²) in [7, 11) is 0. The molecule has 0 bridgehead atoms. The van der Waals surface area contributed by atoms with Gasteiger partial charge in [-0.2, -0.15) is 18.4 Å². The number of benzene rings is 1. The molecule has 0 spiro atoms. The van der Waals surface area contributed by atoms with Gasteiger partial charge in [-0.25, -0.2) is 0 Å². The Morgan fingerprint density at radius 1 is 1.10 bits per heavy atom. The monoisotopic (exact) mass is 608 g/mol. The first-order valence-corrected chi connectivity index (χ1v) is 14.9. The van der Waals surface area contributed by atoms with E-state index in [0.29, 0.717) is 13.1 Å². The Morgan fingerprint density at radius 2 is 1.71 bits per heavy atom. The van der Waals surface area contributed by atoms with Crippen molar-refractivity contribution in [1.29, 1.82) is 5.26 Å². The number of thiocarbonyl (C=S) groups is 2. The molecule has 1 aromatic rings. The van der Waals surface area contributed by atoms with Crippen molar-refractivity contribution in [3.8, 4) is 6.07 Å². The average Bonchev–Trinajstić information content (AvgIpc) is 3.11. The van der Waals surface area contributed by atoms with Crippen molar-refractivity contribution < 1.29 is 18.0 Å². The number of piperazine rings is 1. The third-order valence-electron chi connectivity index (χ3n) is 7.67. The van der Waals surface area contributed by atoms with Crippen LogP contribution in [0.3, 0.4) is 0 Å². The highest BCUT2D eigenvalue weighted by Crippen LogP contribution is 2.38. The van der Waals surface area contributed by atoms with Gasteiger partial charge in [0.25, 0.3) is 5.91 Å². The first-order valence-electron chi connectivity index (χ1n) is 14.1. The summed E-state index contributed by atoms with van der Waals surface area (Å²) in [5.74, 6) is -0.379. The molecule has 12 heteroatoms. The van der Waals surface area contributed by atoms with Crippen LogP contribution in [0.5, 0.6) is 0 Å². The van der Waals surface area contributed by atoms with Crippen molar-refractivity contribution in [3.05, 3.63) is 42.0 Å². The lowest BCUT2D eigenvalue weighted by Crippen LogP contribution is -2.51. The number of anilines is 1. The van der Waals surface area contributed by atoms with Gasteiger partial charge in [-0.05, 0) is 75.9 Å². The molecule has 7 nitrogen and oxygen atoms in total. The minimum atomic E-state index is -4.72. The Kier molecular flexibility index (Phi) is 11.5. The van der Waals surface area contributed by atoms with Crippen LogP contribution in [0.1, 0.15) is 63.5 Å². The van der Waals surface area contributed by atoms with E-state index in [0.717, 1.165) is 93.4 Å². The first-order chi connectivity index (χ1) is 19.4. The van der Waals surface area contributed by atoms with Crippen LogP contribution >= 0.6 is 24.4 Å². The second-order valence-corrected chi connectivity index (χ2v) is 11.6. The Labute approximate surface area is 251 Å². The standard InChI is InChI=1S/C29H39F3N6OS2/c1-4-13-34-26(40)36-18-16-35(17-19-36)14-9-7-5-6-8-10-15-37-27(41)38(25(39)28(37,2)3)23-12-11-22(21-33)24(20-23)29(30,31)32/h4,11-12,20H,1,5-10,13-19H2,2-3H3,(H,34,40). The van der Waals surface area contributed by atoms with Gasteiger partial charge in [0.1, 0.15) is 5.54 Å². The number of carbonyl (C=O) groups excluding carboxylic acids is 1. The molecule has 0 unspecified atom stereocenters. The molecule has 1 N–H and O–H groups in total. The largest absolute Gasteiger partial charge is 0.417 e. The van der Waals surface area contributed by atoms with Crippen LogP contribution in [0, 0.1) is 11.3 Å². The van der Waals surface area contributed by atoms with Crippen LogP contribution in [0.4, 0.5) is 18.9 Å². The number of nitrogens with one attached hydrogen (secondary N) is 1. The fraction of sp³-hybridized carbons (Fsp3) is 0.586. The van der Waals surface area contributed by atoms with Gasteiger partial charge in [0.05, 0.1) is 22.9 Å². The molecule has 224 valence electrons. The summed E-state index contributed by atoms with van der Waals surface area (Å²) in [5, 5.41) is 13.3. The van der Waals surface area contributed by atoms with Crippen molar-refractivity contribution in [2.24, 2.45) is 0 Å². The summed E-state index contributed by atoms with van der Waals surface area (Å²) >= 11 is 11.0. The number of alkyl halides is 3. The summed E-state index contributed by atoms with van der Waals surface area (Å²) in [6.07, 6.45) is 3.39. The van der Waals surface area contributed by atoms with Gasteiger partial charge in [-0.1, -0.05) is 31.8 Å². The van der Waals surface area contributed by atoms with Crippen LogP contribution in [0.25, 0.3) is 0 Å². The Hall–Kier alpha value is -2.75. The van der Waals surface area contributed by atoms with Gasteiger partial charge in [-0.3, -0.25) is 14.6 Å². The zero-order valence-corrected chi connectivity index (χ0v) is 25.4. The van der Waals surface area contributed by atoms with E-state index in [2.05, 4.69) is 21.7 Å². The summed E-state index contributed by atoms with van der Waals surface area (Å²) in [6.45, 7) is 13.4. The number of hydrogen-bond acceptors (Lipinski definition) is 5. The highest BCUT2D eigenvalue weighted by Gasteiger charge is 2.49. The lowest BCUT2D eigenvalue weighted by Gasteiger charge is -2.36. The van der Waals surface area contributed by atoms with E-state index in [1.165, 1.54) is 6.07 Å². The molecule has 1 aromatic carbocycles. The fourth-order valence-electron chi connectivity index (χ4n) is 5.20. The molecule has 2 saturated heterocycles. The maximum Gasteiger partial charge on any atom is 0.417 e. The van der Waals surface area contributed by atoms with Crippen molar-refractivity contribution in [3.63, 3.8) is 0 Å². The number of hydrogen-bond donors (Lipinski definition) is 1. The number of nitriles is 1. The molecule has 0 saturated carbocycles. The third kappa shape index (κ3) is 8.17. The summed E-state index contributed by atoms with van der Waals surface area (Å²) < 4.78 is 40.5. The molecule has 0 aromatic heterocycles. The highest BCUT2D eigenvalue weighted by atomic mass is 32.1. The zero-order chi connectivity index (χ0) is 30.2. The van der Waals surface area contributed by atoms with Gasteiger partial charge in [0.15, 0.2) is 10.2 Å². The van der Waals surface area contributed by atoms with Crippen molar-refractivity contribution in [2.75, 3.05) is 50.7 Å². The van der Waals surface area contributed by atoms with Gasteiger partial charge >= 0.3 is 6.18 Å². The smallest absolute Gasteiger partial charge is 0.359 e. The van der Waals surface area contributed by atoms with Gasteiger partial charge in [-0.15, -0.1) is 6.58 Å². The van der Waals surface area contributed by atoms with E-state index in [9.17, 15) is 18.0 Å². The summed E-state index contributed by atoms with van der Waals surface area (Å²) in [5.41, 5.74) is -2.52. The minimum absolute atomic E-state index is 0.0235. The zero-order valence-electron chi connectivity index (χ0n) is 23.8. The molecule has 0 aliphatic carbocycles. The van der Waals surface area contributed by atoms with Crippen molar-refractivity contribution in [1.82, 2.24) is 20.0 Å². The highest BCUT2D eigenvalue weighted by molar-refractivity contribution is 7.80. The third-order valence-corrected chi connectivity index (χ3v) is 8.48. The predicted octanol–water partition coefficient (Wildman–Crippen LogP) is 5.31. The Bertz CT molecular complexity index is 1160. The SMILES string of the molecule is C=CCNC(=S)N1CCN(CCCCCCCCN2C(=S)N(c3ccc(C#N)c(C(F)(F)F)c3)C(=O)C2(C)C)CC1. The maximum absolute atomic E-state index is 13.5. The van der Waals surface area contributed by atoms with E-state index >= 15 is 0 Å². The summed E-state index contributed by atoms with van der Waals surface area (Å²) in [4.78, 5) is 20.9. The second kappa shape index (κ2) is 14.4. The maximum atomic E-state index is 13.5. The lowest BCUT2D eigenvalue weighted by atomic mass is 10.0. The van der Waals surface area contributed by atoms with Crippen LogP contribution in [-0.4, -0.2) is 82.2 Å². The molecule has 2 aliphatic heterocycles. The molecule has 3 rings (SSSR count). The molecular formula is C29H39F3N6OS2. The average molecular weight is 609 g/mol. The molecule has 1 amide bonds. The number of halogens is 3. The molecule has 2 aliphatic rings. The van der Waals surface area contributed by atoms with Crippen molar-refractivity contribution >= 4 is 46.3 Å². The number of amides is 1. The first kappa shape index (κ1) is 32.8. The van der Waals surface area contributed by atoms with Gasteiger partial charge < -0.3 is 15.1 Å². The Balaban J connectivity index is 1.40. The quantitative estimate of drug-likeness (QED) is 0.195. The molecule has 41 heavy (non-hydrogen) atoms. The fourth-order valence-corrected chi connectivity index (χ4v) is 5.97. The summed E-state index contributed by atoms with van der Waals surface area (Å²) in [6, 6.07) is 4.83. The number of rotatable bonds is 12. The van der Waals surface area contributed by atoms with E-state index in [1.807, 2.05) is 0 Å². The van der Waals surface area contributed by atoms with Gasteiger partial charge in [0, 0.05) is 39.3 Å².